The predicted molar refractivity (Wildman–Crippen MR) is 106 cm³/mol. The summed E-state index contributed by atoms with van der Waals surface area (Å²) in [6, 6.07) is 7.07. The van der Waals surface area contributed by atoms with E-state index in [1.165, 1.54) is 25.4 Å². The average molecular weight is 398 g/mol. The molecule has 9 heteroatoms. The number of anilines is 1. The van der Waals surface area contributed by atoms with E-state index in [-0.39, 0.29) is 5.69 Å². The van der Waals surface area contributed by atoms with E-state index in [2.05, 4.69) is 16.4 Å². The van der Waals surface area contributed by atoms with Crippen molar-refractivity contribution in [2.45, 2.75) is 12.8 Å². The van der Waals surface area contributed by atoms with E-state index in [0.29, 0.717) is 5.13 Å². The first kappa shape index (κ1) is 18.2. The Morgan fingerprint density at radius 2 is 2.04 bits per heavy atom. The van der Waals surface area contributed by atoms with Gasteiger partial charge in [-0.25, -0.2) is 9.78 Å². The summed E-state index contributed by atoms with van der Waals surface area (Å²) in [5.41, 5.74) is 1.72. The van der Waals surface area contributed by atoms with Crippen molar-refractivity contribution < 1.29 is 9.53 Å². The summed E-state index contributed by atoms with van der Waals surface area (Å²) in [6.45, 7) is 0.740. The SMILES string of the molecule is Cn1c(C(=O)Nc2nc(-c3ccc4c(c3)CCCO4)cs2)cc(=O)n(C)c1=O. The van der Waals surface area contributed by atoms with Crippen LogP contribution in [-0.4, -0.2) is 26.6 Å². The molecule has 0 unspecified atom stereocenters. The van der Waals surface area contributed by atoms with Gasteiger partial charge in [-0.05, 0) is 36.6 Å². The normalized spacial score (nSPS) is 12.9. The quantitative estimate of drug-likeness (QED) is 0.726. The number of benzene rings is 1. The highest BCUT2D eigenvalue weighted by atomic mass is 32.1. The number of aromatic nitrogens is 3. The van der Waals surface area contributed by atoms with Crippen LogP contribution in [0.3, 0.4) is 0 Å². The number of hydrogen-bond acceptors (Lipinski definition) is 6. The summed E-state index contributed by atoms with van der Waals surface area (Å²) in [5, 5.41) is 4.90. The van der Waals surface area contributed by atoms with Crippen molar-refractivity contribution in [1.29, 1.82) is 0 Å². The maximum atomic E-state index is 12.5. The number of rotatable bonds is 3. The van der Waals surface area contributed by atoms with Crippen LogP contribution in [0, 0.1) is 0 Å². The molecule has 3 aromatic rings. The van der Waals surface area contributed by atoms with Crippen molar-refractivity contribution in [2.24, 2.45) is 14.1 Å². The summed E-state index contributed by atoms with van der Waals surface area (Å²) < 4.78 is 7.71. The fraction of sp³-hybridized carbons (Fsp3) is 0.263. The van der Waals surface area contributed by atoms with E-state index in [1.54, 1.807) is 0 Å². The fourth-order valence-electron chi connectivity index (χ4n) is 3.10. The van der Waals surface area contributed by atoms with E-state index in [1.807, 2.05) is 17.5 Å². The molecule has 1 aliphatic heterocycles. The molecule has 0 aliphatic carbocycles. The minimum Gasteiger partial charge on any atom is -0.493 e. The molecule has 0 fully saturated rings. The van der Waals surface area contributed by atoms with Crippen molar-refractivity contribution in [3.05, 3.63) is 61.7 Å². The van der Waals surface area contributed by atoms with Crippen molar-refractivity contribution in [3.63, 3.8) is 0 Å². The maximum Gasteiger partial charge on any atom is 0.331 e. The molecule has 1 aliphatic rings. The Bertz CT molecular complexity index is 1190. The first-order valence-electron chi connectivity index (χ1n) is 8.74. The Labute approximate surface area is 164 Å². The van der Waals surface area contributed by atoms with Gasteiger partial charge >= 0.3 is 5.69 Å². The summed E-state index contributed by atoms with van der Waals surface area (Å²) in [4.78, 5) is 40.8. The summed E-state index contributed by atoms with van der Waals surface area (Å²) >= 11 is 1.28. The highest BCUT2D eigenvalue weighted by Gasteiger charge is 2.16. The first-order chi connectivity index (χ1) is 13.4. The van der Waals surface area contributed by atoms with Gasteiger partial charge in [-0.2, -0.15) is 0 Å². The number of amides is 1. The molecular formula is C19H18N4O4S. The predicted octanol–water partition coefficient (Wildman–Crippen LogP) is 1.78. The molecule has 0 bridgehead atoms. The topological polar surface area (TPSA) is 95.2 Å². The van der Waals surface area contributed by atoms with Gasteiger partial charge in [-0.3, -0.25) is 24.0 Å². The van der Waals surface area contributed by atoms with Gasteiger partial charge in [0.15, 0.2) is 5.13 Å². The number of ether oxygens (including phenoxy) is 1. The second-order valence-corrected chi connectivity index (χ2v) is 7.39. The highest BCUT2D eigenvalue weighted by Crippen LogP contribution is 2.31. The third kappa shape index (κ3) is 3.24. The standard InChI is InChI=1S/C19H18N4O4S/c1-22-14(9-16(24)23(2)19(22)26)17(25)21-18-20-13(10-28-18)11-5-6-15-12(8-11)4-3-7-27-15/h5-6,8-10H,3-4,7H2,1-2H3,(H,20,21,25). The van der Waals surface area contributed by atoms with Gasteiger partial charge < -0.3 is 4.74 Å². The van der Waals surface area contributed by atoms with E-state index in [4.69, 9.17) is 4.74 Å². The number of fused-ring (bicyclic) bond motifs is 1. The van der Waals surface area contributed by atoms with E-state index >= 15 is 0 Å². The molecule has 0 spiro atoms. The minimum atomic E-state index is -0.561. The Hall–Kier alpha value is -3.20. The Kier molecular flexibility index (Phi) is 4.60. The zero-order valence-corrected chi connectivity index (χ0v) is 16.2. The molecule has 0 saturated carbocycles. The van der Waals surface area contributed by atoms with Crippen molar-refractivity contribution >= 4 is 22.4 Å². The number of carbonyl (C=O) groups excluding carboxylic acids is 1. The van der Waals surface area contributed by atoms with Crippen LogP contribution >= 0.6 is 11.3 Å². The lowest BCUT2D eigenvalue weighted by Gasteiger charge is -2.17. The van der Waals surface area contributed by atoms with Crippen LogP contribution < -0.4 is 21.3 Å². The van der Waals surface area contributed by atoms with Gasteiger partial charge in [-0.15, -0.1) is 11.3 Å². The van der Waals surface area contributed by atoms with Crippen LogP contribution in [0.4, 0.5) is 5.13 Å². The first-order valence-corrected chi connectivity index (χ1v) is 9.62. The van der Waals surface area contributed by atoms with Gasteiger partial charge in [0.05, 0.1) is 12.3 Å². The second-order valence-electron chi connectivity index (χ2n) is 6.53. The molecule has 0 radical (unpaired) electrons. The van der Waals surface area contributed by atoms with Crippen molar-refractivity contribution in [3.8, 4) is 17.0 Å². The lowest BCUT2D eigenvalue weighted by atomic mass is 10.0. The van der Waals surface area contributed by atoms with E-state index in [9.17, 15) is 14.4 Å². The average Bonchev–Trinajstić information content (AvgIpc) is 3.17. The van der Waals surface area contributed by atoms with E-state index < -0.39 is 17.2 Å². The van der Waals surface area contributed by atoms with Crippen LogP contribution in [0.15, 0.2) is 39.2 Å². The van der Waals surface area contributed by atoms with Gasteiger partial charge in [-0.1, -0.05) is 0 Å². The van der Waals surface area contributed by atoms with Crippen LogP contribution in [0.1, 0.15) is 22.5 Å². The molecule has 144 valence electrons. The molecule has 8 nitrogen and oxygen atoms in total. The Morgan fingerprint density at radius 3 is 2.86 bits per heavy atom. The molecule has 4 rings (SSSR count). The lowest BCUT2D eigenvalue weighted by molar-refractivity contribution is 0.101. The molecule has 1 amide bonds. The van der Waals surface area contributed by atoms with Gasteiger partial charge in [0.1, 0.15) is 11.4 Å². The zero-order valence-electron chi connectivity index (χ0n) is 15.4. The minimum absolute atomic E-state index is 0.0178. The van der Waals surface area contributed by atoms with Crippen molar-refractivity contribution in [1.82, 2.24) is 14.1 Å². The van der Waals surface area contributed by atoms with E-state index in [0.717, 1.165) is 57.2 Å². The van der Waals surface area contributed by atoms with Crippen LogP contribution in [-0.2, 0) is 20.5 Å². The number of carbonyl (C=O) groups is 1. The highest BCUT2D eigenvalue weighted by molar-refractivity contribution is 7.14. The number of thiazole rings is 1. The maximum absolute atomic E-state index is 12.5. The molecular weight excluding hydrogens is 380 g/mol. The lowest BCUT2D eigenvalue weighted by Crippen LogP contribution is -2.40. The number of hydrogen-bond donors (Lipinski definition) is 1. The molecule has 2 aromatic heterocycles. The van der Waals surface area contributed by atoms with Gasteiger partial charge in [0, 0.05) is 31.1 Å². The molecule has 3 heterocycles. The summed E-state index contributed by atoms with van der Waals surface area (Å²) in [5.74, 6) is 0.349. The van der Waals surface area contributed by atoms with Crippen molar-refractivity contribution in [2.75, 3.05) is 11.9 Å². The second kappa shape index (κ2) is 7.08. The fourth-order valence-corrected chi connectivity index (χ4v) is 3.81. The molecule has 28 heavy (non-hydrogen) atoms. The molecule has 0 atom stereocenters. The Morgan fingerprint density at radius 1 is 1.21 bits per heavy atom. The monoisotopic (exact) mass is 398 g/mol. The number of nitrogens with one attached hydrogen (secondary N) is 1. The van der Waals surface area contributed by atoms with Crippen LogP contribution in [0.25, 0.3) is 11.3 Å². The Balaban J connectivity index is 1.58. The summed E-state index contributed by atoms with van der Waals surface area (Å²) in [7, 11) is 2.81. The van der Waals surface area contributed by atoms with Crippen LogP contribution in [0.2, 0.25) is 0 Å². The van der Waals surface area contributed by atoms with Gasteiger partial charge in [0.2, 0.25) is 0 Å². The molecule has 1 N–H and O–H groups in total. The number of nitrogens with zero attached hydrogens (tertiary/aromatic N) is 3. The smallest absolute Gasteiger partial charge is 0.331 e. The third-order valence-corrected chi connectivity index (χ3v) is 5.45. The molecule has 0 saturated heterocycles. The van der Waals surface area contributed by atoms with Gasteiger partial charge in [0.25, 0.3) is 11.5 Å². The number of aryl methyl sites for hydroxylation is 1. The summed E-state index contributed by atoms with van der Waals surface area (Å²) in [6.07, 6.45) is 1.96. The largest absolute Gasteiger partial charge is 0.493 e. The molecule has 1 aromatic carbocycles. The van der Waals surface area contributed by atoms with Crippen LogP contribution in [0.5, 0.6) is 5.75 Å². The zero-order chi connectivity index (χ0) is 19.8. The third-order valence-electron chi connectivity index (χ3n) is 4.69.